The summed E-state index contributed by atoms with van der Waals surface area (Å²) in [4.78, 5) is 18.0. The van der Waals surface area contributed by atoms with E-state index in [0.29, 0.717) is 43.1 Å². The summed E-state index contributed by atoms with van der Waals surface area (Å²) in [6, 6.07) is 0. The van der Waals surface area contributed by atoms with Crippen LogP contribution in [0.15, 0.2) is 5.16 Å². The molecule has 4 aliphatic rings. The van der Waals surface area contributed by atoms with Gasteiger partial charge in [0, 0.05) is 23.7 Å². The van der Waals surface area contributed by atoms with E-state index in [0.717, 1.165) is 63.5 Å². The number of carbonyl (C=O) groups excluding carboxylic acids is 1. The van der Waals surface area contributed by atoms with Crippen LogP contribution in [0.4, 0.5) is 0 Å². The molecule has 5 nitrogen and oxygen atoms in total. The van der Waals surface area contributed by atoms with Crippen LogP contribution in [0.3, 0.4) is 0 Å². The Morgan fingerprint density at radius 2 is 1.96 bits per heavy atom. The highest BCUT2D eigenvalue weighted by molar-refractivity contribution is 5.87. The number of nitrogens with zero attached hydrogens (tertiary/aromatic N) is 1. The maximum atomic E-state index is 12.5. The minimum atomic E-state index is -0.682. The van der Waals surface area contributed by atoms with Crippen molar-refractivity contribution in [3.63, 3.8) is 0 Å². The molecule has 0 aromatic rings. The number of carbonyl (C=O) groups is 1. The Hall–Kier alpha value is -0.940. The van der Waals surface area contributed by atoms with Crippen LogP contribution >= 0.6 is 0 Å². The van der Waals surface area contributed by atoms with Gasteiger partial charge in [0.1, 0.15) is 12.4 Å². The van der Waals surface area contributed by atoms with E-state index in [2.05, 4.69) is 19.0 Å². The van der Waals surface area contributed by atoms with Gasteiger partial charge in [-0.05, 0) is 75.7 Å². The number of aliphatic hydroxyl groups is 1. The SMILES string of the molecule is C[C@]12CC[C@H]3[C@@H](CC[C@@]4(O)C/C(=N\OCCCN)CC[C@]34C)[C@@H]1CCC2=O. The molecule has 0 amide bonds. The van der Waals surface area contributed by atoms with Crippen LogP contribution in [0.2, 0.25) is 0 Å². The van der Waals surface area contributed by atoms with Crippen LogP contribution in [0.25, 0.3) is 0 Å². The predicted molar refractivity (Wildman–Crippen MR) is 105 cm³/mol. The van der Waals surface area contributed by atoms with Gasteiger partial charge in [0.2, 0.25) is 0 Å². The number of fused-ring (bicyclic) bond motifs is 5. The molecule has 0 aromatic carbocycles. The molecular weight excluding hydrogens is 340 g/mol. The number of ketones is 1. The van der Waals surface area contributed by atoms with Crippen molar-refractivity contribution in [3.05, 3.63) is 0 Å². The molecule has 3 N–H and O–H groups in total. The molecule has 0 saturated heterocycles. The number of rotatable bonds is 4. The molecule has 0 spiro atoms. The molecule has 6 atom stereocenters. The fraction of sp³-hybridized carbons (Fsp3) is 0.909. The number of hydrogen-bond acceptors (Lipinski definition) is 5. The topological polar surface area (TPSA) is 84.9 Å². The molecule has 152 valence electrons. The highest BCUT2D eigenvalue weighted by Crippen LogP contribution is 2.66. The van der Waals surface area contributed by atoms with E-state index in [1.54, 1.807) is 0 Å². The summed E-state index contributed by atoms with van der Waals surface area (Å²) in [5, 5.41) is 16.0. The largest absolute Gasteiger partial charge is 0.396 e. The number of Topliss-reactive ketones (excluding diaryl/α,β-unsaturated/α-hetero) is 1. The average molecular weight is 377 g/mol. The molecule has 4 fully saturated rings. The lowest BCUT2D eigenvalue weighted by molar-refractivity contribution is -0.188. The fourth-order valence-corrected chi connectivity index (χ4v) is 7.19. The van der Waals surface area contributed by atoms with Gasteiger partial charge in [0.15, 0.2) is 0 Å². The van der Waals surface area contributed by atoms with Crippen LogP contribution in [-0.2, 0) is 9.63 Å². The van der Waals surface area contributed by atoms with E-state index in [1.165, 1.54) is 0 Å². The van der Waals surface area contributed by atoms with Crippen LogP contribution in [0.1, 0.15) is 78.1 Å². The molecule has 0 aliphatic heterocycles. The maximum Gasteiger partial charge on any atom is 0.139 e. The third-order valence-corrected chi connectivity index (χ3v) is 8.98. The van der Waals surface area contributed by atoms with Gasteiger partial charge in [-0.2, -0.15) is 0 Å². The minimum Gasteiger partial charge on any atom is -0.396 e. The Kier molecular flexibility index (Phi) is 4.91. The van der Waals surface area contributed by atoms with E-state index >= 15 is 0 Å². The maximum absolute atomic E-state index is 12.5. The molecule has 4 aliphatic carbocycles. The van der Waals surface area contributed by atoms with Crippen LogP contribution in [0.5, 0.6) is 0 Å². The van der Waals surface area contributed by atoms with Gasteiger partial charge >= 0.3 is 0 Å². The normalized spacial score (nSPS) is 48.1. The second kappa shape index (κ2) is 6.84. The van der Waals surface area contributed by atoms with Crippen LogP contribution in [-0.4, -0.2) is 35.4 Å². The van der Waals surface area contributed by atoms with Crippen molar-refractivity contribution >= 4 is 11.5 Å². The second-order valence-electron chi connectivity index (χ2n) is 10.1. The van der Waals surface area contributed by atoms with Crippen molar-refractivity contribution in [2.75, 3.05) is 13.2 Å². The fourth-order valence-electron chi connectivity index (χ4n) is 7.19. The lowest BCUT2D eigenvalue weighted by Crippen LogP contribution is -2.62. The smallest absolute Gasteiger partial charge is 0.139 e. The molecule has 4 rings (SSSR count). The van der Waals surface area contributed by atoms with Crippen LogP contribution < -0.4 is 5.73 Å². The number of hydrogen-bond donors (Lipinski definition) is 2. The summed E-state index contributed by atoms with van der Waals surface area (Å²) in [5.74, 6) is 2.14. The summed E-state index contributed by atoms with van der Waals surface area (Å²) in [5.41, 5.74) is 5.66. The Balaban J connectivity index is 1.52. The van der Waals surface area contributed by atoms with E-state index in [-0.39, 0.29) is 10.8 Å². The first-order valence-corrected chi connectivity index (χ1v) is 11.0. The summed E-state index contributed by atoms with van der Waals surface area (Å²) in [6.45, 7) is 5.69. The van der Waals surface area contributed by atoms with Crippen molar-refractivity contribution in [1.82, 2.24) is 0 Å². The zero-order valence-electron chi connectivity index (χ0n) is 17.0. The van der Waals surface area contributed by atoms with Crippen molar-refractivity contribution in [2.45, 2.75) is 83.7 Å². The third kappa shape index (κ3) is 2.88. The predicted octanol–water partition coefficient (Wildman–Crippen LogP) is 3.43. The Bertz CT molecular complexity index is 635. The standard InChI is InChI=1S/C22H36N2O3/c1-20-9-8-18-16(17(20)4-5-19(20)25)7-11-22(26)14-15(6-10-21(18,22)2)24-27-13-3-12-23/h16-18,26H,3-14,23H2,1-2H3/b24-15-/t16-,17-,18-,20-,21+,22+/m0/s1. The van der Waals surface area contributed by atoms with Gasteiger partial charge in [-0.25, -0.2) is 0 Å². The molecule has 0 bridgehead atoms. The van der Waals surface area contributed by atoms with Crippen LogP contribution in [0, 0.1) is 28.6 Å². The lowest BCUT2D eigenvalue weighted by Gasteiger charge is -2.62. The van der Waals surface area contributed by atoms with Gasteiger partial charge in [0.05, 0.1) is 11.3 Å². The summed E-state index contributed by atoms with van der Waals surface area (Å²) >= 11 is 0. The molecule has 0 heterocycles. The molecule has 0 unspecified atom stereocenters. The average Bonchev–Trinajstić information content (AvgIpc) is 2.95. The Labute approximate surface area is 163 Å². The van der Waals surface area contributed by atoms with E-state index < -0.39 is 5.60 Å². The highest BCUT2D eigenvalue weighted by Gasteiger charge is 2.64. The van der Waals surface area contributed by atoms with Gasteiger partial charge in [-0.3, -0.25) is 4.79 Å². The monoisotopic (exact) mass is 376 g/mol. The zero-order chi connectivity index (χ0) is 19.3. The first kappa shape index (κ1) is 19.4. The lowest BCUT2D eigenvalue weighted by atomic mass is 9.43. The van der Waals surface area contributed by atoms with Gasteiger partial charge in [-0.1, -0.05) is 19.0 Å². The quantitative estimate of drug-likeness (QED) is 0.581. The first-order chi connectivity index (χ1) is 12.8. The Morgan fingerprint density at radius 3 is 2.74 bits per heavy atom. The Morgan fingerprint density at radius 1 is 1.15 bits per heavy atom. The molecular formula is C22H36N2O3. The highest BCUT2D eigenvalue weighted by atomic mass is 16.6. The summed E-state index contributed by atoms with van der Waals surface area (Å²) in [7, 11) is 0. The van der Waals surface area contributed by atoms with E-state index in [4.69, 9.17) is 10.6 Å². The van der Waals surface area contributed by atoms with E-state index in [1.807, 2.05) is 0 Å². The third-order valence-electron chi connectivity index (χ3n) is 8.98. The molecule has 5 heteroatoms. The summed E-state index contributed by atoms with van der Waals surface area (Å²) < 4.78 is 0. The van der Waals surface area contributed by atoms with Crippen molar-refractivity contribution in [1.29, 1.82) is 0 Å². The van der Waals surface area contributed by atoms with Gasteiger partial charge in [0.25, 0.3) is 0 Å². The van der Waals surface area contributed by atoms with E-state index in [9.17, 15) is 9.90 Å². The van der Waals surface area contributed by atoms with Crippen molar-refractivity contribution < 1.29 is 14.7 Å². The zero-order valence-corrected chi connectivity index (χ0v) is 17.0. The second-order valence-corrected chi connectivity index (χ2v) is 10.1. The first-order valence-electron chi connectivity index (χ1n) is 11.0. The van der Waals surface area contributed by atoms with Gasteiger partial charge in [-0.15, -0.1) is 0 Å². The van der Waals surface area contributed by atoms with Crippen molar-refractivity contribution in [2.24, 2.45) is 39.5 Å². The van der Waals surface area contributed by atoms with Crippen molar-refractivity contribution in [3.8, 4) is 0 Å². The molecule has 0 aromatic heterocycles. The number of nitrogens with two attached hydrogens (primary N) is 1. The summed E-state index contributed by atoms with van der Waals surface area (Å²) in [6.07, 6.45) is 9.12. The minimum absolute atomic E-state index is 0.0703. The molecule has 4 saturated carbocycles. The van der Waals surface area contributed by atoms with Gasteiger partial charge < -0.3 is 15.7 Å². The molecule has 27 heavy (non-hydrogen) atoms. The molecule has 0 radical (unpaired) electrons. The number of oxime groups is 1.